The number of carbonyl (C=O) groups excluding carboxylic acids is 2. The molecule has 2 rings (SSSR count). The van der Waals surface area contributed by atoms with E-state index in [1.54, 1.807) is 0 Å². The van der Waals surface area contributed by atoms with E-state index in [9.17, 15) is 22.8 Å². The molecule has 0 saturated carbocycles. The van der Waals surface area contributed by atoms with Crippen LogP contribution in [0.3, 0.4) is 0 Å². The molecule has 11 heteroatoms. The van der Waals surface area contributed by atoms with Crippen LogP contribution in [0, 0.1) is 0 Å². The van der Waals surface area contributed by atoms with Gasteiger partial charge < -0.3 is 11.1 Å². The van der Waals surface area contributed by atoms with Gasteiger partial charge in [-0.2, -0.15) is 13.2 Å². The van der Waals surface area contributed by atoms with E-state index in [-0.39, 0.29) is 26.2 Å². The molecular formula is C21H17BrCl3F3N2O2. The summed E-state index contributed by atoms with van der Waals surface area (Å²) in [6, 6.07) is 6.57. The summed E-state index contributed by atoms with van der Waals surface area (Å²) < 4.78 is 41.3. The number of primary amides is 1. The fourth-order valence-electron chi connectivity index (χ4n) is 2.60. The van der Waals surface area contributed by atoms with E-state index >= 15 is 0 Å². The average molecular weight is 573 g/mol. The minimum absolute atomic E-state index is 0.0284. The van der Waals surface area contributed by atoms with Gasteiger partial charge in [0.2, 0.25) is 5.91 Å². The van der Waals surface area contributed by atoms with Crippen molar-refractivity contribution in [2.24, 2.45) is 5.73 Å². The van der Waals surface area contributed by atoms with E-state index in [4.69, 9.17) is 40.5 Å². The van der Waals surface area contributed by atoms with Crippen molar-refractivity contribution in [3.8, 4) is 0 Å². The molecule has 172 valence electrons. The second-order valence-corrected chi connectivity index (χ2v) is 9.41. The van der Waals surface area contributed by atoms with Gasteiger partial charge in [0.1, 0.15) is 5.54 Å². The van der Waals surface area contributed by atoms with Crippen LogP contribution in [0.2, 0.25) is 15.1 Å². The summed E-state index contributed by atoms with van der Waals surface area (Å²) >= 11 is 20.8. The Bertz CT molecular complexity index is 1070. The van der Waals surface area contributed by atoms with Crippen molar-refractivity contribution in [2.45, 2.75) is 31.5 Å². The number of nitrogens with one attached hydrogen (secondary N) is 1. The first-order valence-corrected chi connectivity index (χ1v) is 10.9. The summed E-state index contributed by atoms with van der Waals surface area (Å²) in [5.41, 5.74) is 4.37. The van der Waals surface area contributed by atoms with Gasteiger partial charge >= 0.3 is 6.18 Å². The van der Waals surface area contributed by atoms with E-state index in [0.717, 1.165) is 18.2 Å². The number of allylic oxidation sites excluding steroid dienone is 1. The first-order valence-electron chi connectivity index (χ1n) is 8.95. The lowest BCUT2D eigenvalue weighted by Gasteiger charge is -2.22. The molecule has 4 nitrogen and oxygen atoms in total. The third kappa shape index (κ3) is 6.41. The van der Waals surface area contributed by atoms with Crippen molar-refractivity contribution in [3.63, 3.8) is 0 Å². The number of rotatable bonds is 6. The molecule has 2 aromatic carbocycles. The molecule has 3 N–H and O–H groups in total. The monoisotopic (exact) mass is 570 g/mol. The molecule has 0 aliphatic carbocycles. The zero-order valence-electron chi connectivity index (χ0n) is 16.7. The van der Waals surface area contributed by atoms with Gasteiger partial charge in [0, 0.05) is 4.47 Å². The van der Waals surface area contributed by atoms with E-state index in [1.165, 1.54) is 38.1 Å². The Morgan fingerprint density at radius 2 is 1.66 bits per heavy atom. The van der Waals surface area contributed by atoms with E-state index in [1.807, 2.05) is 0 Å². The van der Waals surface area contributed by atoms with Gasteiger partial charge in [-0.1, -0.05) is 53.0 Å². The molecule has 0 aliphatic rings. The summed E-state index contributed by atoms with van der Waals surface area (Å²) in [5.74, 6) is -3.29. The Labute approximate surface area is 206 Å². The number of halogens is 7. The number of benzene rings is 2. The first-order chi connectivity index (χ1) is 14.6. The predicted molar refractivity (Wildman–Crippen MR) is 124 cm³/mol. The van der Waals surface area contributed by atoms with Gasteiger partial charge in [-0.25, -0.2) is 0 Å². The van der Waals surface area contributed by atoms with Gasteiger partial charge in [0.05, 0.1) is 26.5 Å². The van der Waals surface area contributed by atoms with Crippen molar-refractivity contribution >= 4 is 68.6 Å². The lowest BCUT2D eigenvalue weighted by atomic mass is 9.97. The van der Waals surface area contributed by atoms with Gasteiger partial charge in [-0.15, -0.1) is 0 Å². The maximum Gasteiger partial charge on any atom is 0.399 e. The Hall–Kier alpha value is -1.74. The Balaban J connectivity index is 2.34. The maximum atomic E-state index is 13.7. The van der Waals surface area contributed by atoms with Crippen LogP contribution in [0.15, 0.2) is 40.9 Å². The highest BCUT2D eigenvalue weighted by molar-refractivity contribution is 9.10. The third-order valence-corrected chi connectivity index (χ3v) is 6.33. The van der Waals surface area contributed by atoms with E-state index < -0.39 is 29.4 Å². The average Bonchev–Trinajstić information content (AvgIpc) is 2.64. The topological polar surface area (TPSA) is 72.2 Å². The number of carbonyl (C=O) groups is 2. The van der Waals surface area contributed by atoms with Crippen molar-refractivity contribution in [1.29, 1.82) is 0 Å². The number of amides is 2. The van der Waals surface area contributed by atoms with Crippen LogP contribution < -0.4 is 11.1 Å². The van der Waals surface area contributed by atoms with Crippen molar-refractivity contribution in [2.75, 3.05) is 0 Å². The second-order valence-electron chi connectivity index (χ2n) is 7.36. The highest BCUT2D eigenvalue weighted by Crippen LogP contribution is 2.41. The zero-order valence-corrected chi connectivity index (χ0v) is 20.5. The highest BCUT2D eigenvalue weighted by atomic mass is 79.9. The summed E-state index contributed by atoms with van der Waals surface area (Å²) in [4.78, 5) is 23.8. The lowest BCUT2D eigenvalue weighted by molar-refractivity contribution is -0.139. The Kier molecular flexibility index (Phi) is 8.31. The van der Waals surface area contributed by atoms with E-state index in [0.29, 0.717) is 10.0 Å². The van der Waals surface area contributed by atoms with Crippen molar-refractivity contribution in [3.05, 3.63) is 72.6 Å². The standard InChI is InChI=1S/C21H17BrCl3F3N2O2/c1-20(2,19(29)32)30-18(31)12-5-3-10(7-14(12)22)4-6-13(21(26,27)28)11-8-15(23)17(25)16(24)9-11/h3-9,13H,1-2H3,(H2,29,32)(H,30,31)/b6-4+. The van der Waals surface area contributed by atoms with Crippen LogP contribution in [0.4, 0.5) is 13.2 Å². The number of hydrogen-bond acceptors (Lipinski definition) is 2. The first kappa shape index (κ1) is 26.5. The third-order valence-electron chi connectivity index (χ3n) is 4.48. The van der Waals surface area contributed by atoms with Crippen LogP contribution in [-0.4, -0.2) is 23.5 Å². The molecule has 0 radical (unpaired) electrons. The van der Waals surface area contributed by atoms with E-state index in [2.05, 4.69) is 21.2 Å². The maximum absolute atomic E-state index is 13.7. The molecular weight excluding hydrogens is 556 g/mol. The molecule has 0 aromatic heterocycles. The van der Waals surface area contributed by atoms with Crippen LogP contribution in [0.1, 0.15) is 41.3 Å². The zero-order chi connectivity index (χ0) is 24.4. The summed E-state index contributed by atoms with van der Waals surface area (Å²) in [6.45, 7) is 2.90. The molecule has 1 unspecified atom stereocenters. The van der Waals surface area contributed by atoms with Crippen LogP contribution >= 0.6 is 50.7 Å². The molecule has 0 spiro atoms. The molecule has 2 amide bonds. The number of alkyl halides is 3. The van der Waals surface area contributed by atoms with Gasteiger partial charge in [-0.3, -0.25) is 9.59 Å². The molecule has 32 heavy (non-hydrogen) atoms. The smallest absolute Gasteiger partial charge is 0.368 e. The summed E-state index contributed by atoms with van der Waals surface area (Å²) in [6.07, 6.45) is -2.41. The van der Waals surface area contributed by atoms with Gasteiger partial charge in [0.15, 0.2) is 0 Å². The number of hydrogen-bond donors (Lipinski definition) is 2. The van der Waals surface area contributed by atoms with Crippen molar-refractivity contribution < 1.29 is 22.8 Å². The lowest BCUT2D eigenvalue weighted by Crippen LogP contribution is -2.53. The second kappa shape index (κ2) is 10.0. The molecule has 0 heterocycles. The molecule has 1 atom stereocenters. The van der Waals surface area contributed by atoms with Gasteiger partial charge in [0.25, 0.3) is 5.91 Å². The minimum Gasteiger partial charge on any atom is -0.368 e. The summed E-state index contributed by atoms with van der Waals surface area (Å²) in [5, 5.41) is 2.29. The fraction of sp³-hybridized carbons (Fsp3) is 0.238. The quantitative estimate of drug-likeness (QED) is 0.376. The Morgan fingerprint density at radius 3 is 2.12 bits per heavy atom. The van der Waals surface area contributed by atoms with Crippen LogP contribution in [0.5, 0.6) is 0 Å². The Morgan fingerprint density at radius 1 is 1.09 bits per heavy atom. The molecule has 2 aromatic rings. The van der Waals surface area contributed by atoms with Crippen LogP contribution in [0.25, 0.3) is 6.08 Å². The molecule has 0 aliphatic heterocycles. The largest absolute Gasteiger partial charge is 0.399 e. The minimum atomic E-state index is -4.62. The van der Waals surface area contributed by atoms with Crippen molar-refractivity contribution in [1.82, 2.24) is 5.32 Å². The predicted octanol–water partition coefficient (Wildman–Crippen LogP) is 6.76. The highest BCUT2D eigenvalue weighted by Gasteiger charge is 2.39. The molecule has 0 fully saturated rings. The SMILES string of the molecule is CC(C)(NC(=O)c1ccc(/C=C/C(c2cc(Cl)c(Cl)c(Cl)c2)C(F)(F)F)cc1Br)C(N)=O. The fourth-order valence-corrected chi connectivity index (χ4v) is 3.79. The molecule has 0 saturated heterocycles. The number of nitrogens with two attached hydrogens (primary N) is 1. The molecule has 0 bridgehead atoms. The normalized spacial score (nSPS) is 13.3. The summed E-state index contributed by atoms with van der Waals surface area (Å²) in [7, 11) is 0. The van der Waals surface area contributed by atoms with Gasteiger partial charge in [-0.05, 0) is 65.2 Å². The van der Waals surface area contributed by atoms with Crippen LogP contribution in [-0.2, 0) is 4.79 Å².